The summed E-state index contributed by atoms with van der Waals surface area (Å²) in [6, 6.07) is 71.7. The molecule has 0 saturated heterocycles. The molecule has 54 heavy (non-hydrogen) atoms. The molecule has 0 spiro atoms. The fraction of sp³-hybridized carbons (Fsp3) is 0.115. The van der Waals surface area contributed by atoms with Crippen molar-refractivity contribution in [2.75, 3.05) is 4.90 Å². The lowest BCUT2D eigenvalue weighted by atomic mass is 9.65. The van der Waals surface area contributed by atoms with Gasteiger partial charge in [-0.2, -0.15) is 0 Å². The second-order valence-corrected chi connectivity index (χ2v) is 14.8. The first-order valence-electron chi connectivity index (χ1n) is 19.4. The molecule has 1 heterocycles. The monoisotopic (exact) mass is 694 g/mol. The van der Waals surface area contributed by atoms with Crippen molar-refractivity contribution < 1.29 is 0 Å². The smallest absolute Gasteiger partial charge is 0.0542 e. The quantitative estimate of drug-likeness (QED) is 0.161. The van der Waals surface area contributed by atoms with E-state index in [4.69, 9.17) is 0 Å². The molecule has 9 aromatic rings. The van der Waals surface area contributed by atoms with E-state index in [0.29, 0.717) is 0 Å². The minimum atomic E-state index is 0.0436. The summed E-state index contributed by atoms with van der Waals surface area (Å²) in [4.78, 5) is 2.48. The molecule has 0 atom stereocenters. The summed E-state index contributed by atoms with van der Waals surface area (Å²) in [6.45, 7) is 0. The highest BCUT2D eigenvalue weighted by Gasteiger charge is 2.35. The molecule has 260 valence electrons. The van der Waals surface area contributed by atoms with Crippen LogP contribution < -0.4 is 4.90 Å². The van der Waals surface area contributed by atoms with Gasteiger partial charge < -0.3 is 9.47 Å². The molecule has 1 aliphatic carbocycles. The van der Waals surface area contributed by atoms with Crippen LogP contribution in [0.1, 0.15) is 43.2 Å². The number of hydrogen-bond donors (Lipinski definition) is 0. The van der Waals surface area contributed by atoms with E-state index in [1.807, 2.05) is 0 Å². The molecule has 0 unspecified atom stereocenters. The molecule has 1 fully saturated rings. The van der Waals surface area contributed by atoms with Crippen molar-refractivity contribution in [1.29, 1.82) is 0 Å². The lowest BCUT2D eigenvalue weighted by molar-refractivity contribution is 0.346. The maximum atomic E-state index is 2.48. The van der Waals surface area contributed by atoms with Crippen molar-refractivity contribution in [3.8, 4) is 16.8 Å². The number of para-hydroxylation sites is 3. The average Bonchev–Trinajstić information content (AvgIpc) is 3.59. The SMILES string of the molecule is c1ccc(-n2c3ccccc3c3cc(N(c4ccc(C5(c6ccccc6)CCCCC5)cc4)c4ccccc4-c4cccc5ccccc45)ccc32)cc1. The van der Waals surface area contributed by atoms with Gasteiger partial charge in [0.1, 0.15) is 0 Å². The Morgan fingerprint density at radius 3 is 1.81 bits per heavy atom. The van der Waals surface area contributed by atoms with E-state index in [9.17, 15) is 0 Å². The lowest BCUT2D eigenvalue weighted by Crippen LogP contribution is -2.30. The molecule has 0 bridgehead atoms. The van der Waals surface area contributed by atoms with Gasteiger partial charge in [0.15, 0.2) is 0 Å². The third-order valence-corrected chi connectivity index (χ3v) is 11.9. The number of rotatable bonds is 7. The Kier molecular flexibility index (Phi) is 8.10. The van der Waals surface area contributed by atoms with E-state index in [2.05, 4.69) is 204 Å². The van der Waals surface area contributed by atoms with Crippen LogP contribution >= 0.6 is 0 Å². The van der Waals surface area contributed by atoms with Gasteiger partial charge in [0.2, 0.25) is 0 Å². The van der Waals surface area contributed by atoms with Crippen LogP contribution in [-0.4, -0.2) is 4.57 Å². The second-order valence-electron chi connectivity index (χ2n) is 14.8. The summed E-state index contributed by atoms with van der Waals surface area (Å²) < 4.78 is 2.39. The highest BCUT2D eigenvalue weighted by Crippen LogP contribution is 2.48. The van der Waals surface area contributed by atoms with Gasteiger partial charge in [0.25, 0.3) is 0 Å². The van der Waals surface area contributed by atoms with Gasteiger partial charge in [0.05, 0.1) is 16.7 Å². The molecule has 2 nitrogen and oxygen atoms in total. The largest absolute Gasteiger partial charge is 0.310 e. The highest BCUT2D eigenvalue weighted by molar-refractivity contribution is 6.11. The van der Waals surface area contributed by atoms with Crippen molar-refractivity contribution in [3.05, 3.63) is 205 Å². The fourth-order valence-corrected chi connectivity index (χ4v) is 9.33. The Labute approximate surface area is 317 Å². The normalized spacial score (nSPS) is 14.1. The van der Waals surface area contributed by atoms with Crippen LogP contribution in [0.3, 0.4) is 0 Å². The van der Waals surface area contributed by atoms with Crippen LogP contribution in [0.4, 0.5) is 17.1 Å². The molecule has 0 radical (unpaired) electrons. The van der Waals surface area contributed by atoms with Gasteiger partial charge in [-0.3, -0.25) is 0 Å². The summed E-state index contributed by atoms with van der Waals surface area (Å²) in [5.41, 5.74) is 12.4. The zero-order valence-corrected chi connectivity index (χ0v) is 30.4. The summed E-state index contributed by atoms with van der Waals surface area (Å²) in [6.07, 6.45) is 6.21. The van der Waals surface area contributed by atoms with Crippen molar-refractivity contribution >= 4 is 49.6 Å². The van der Waals surface area contributed by atoms with Crippen LogP contribution in [0.15, 0.2) is 194 Å². The molecule has 2 heteroatoms. The van der Waals surface area contributed by atoms with E-state index in [-0.39, 0.29) is 5.41 Å². The third kappa shape index (κ3) is 5.41. The van der Waals surface area contributed by atoms with Crippen LogP contribution in [0.5, 0.6) is 0 Å². The van der Waals surface area contributed by atoms with Crippen molar-refractivity contribution in [3.63, 3.8) is 0 Å². The van der Waals surface area contributed by atoms with E-state index in [1.54, 1.807) is 0 Å². The van der Waals surface area contributed by atoms with E-state index < -0.39 is 0 Å². The predicted octanol–water partition coefficient (Wildman–Crippen LogP) is 14.3. The van der Waals surface area contributed by atoms with Crippen LogP contribution in [-0.2, 0) is 5.41 Å². The van der Waals surface area contributed by atoms with Crippen molar-refractivity contribution in [2.45, 2.75) is 37.5 Å². The van der Waals surface area contributed by atoms with Gasteiger partial charge in [-0.15, -0.1) is 0 Å². The Hall–Kier alpha value is -6.38. The van der Waals surface area contributed by atoms with Gasteiger partial charge in [0, 0.05) is 38.8 Å². The molecule has 10 rings (SSSR count). The Morgan fingerprint density at radius 2 is 1.00 bits per heavy atom. The number of benzene rings is 8. The molecule has 0 aliphatic heterocycles. The standard InChI is InChI=1S/C52H42N2/c1-4-19-39(20-5-1)52(35-14-3-15-36-52)40-29-31-42(32-30-40)53(49-27-12-10-24-46(49)45-26-16-18-38-17-8-9-23-44(38)45)43-33-34-51-48(37-43)47-25-11-13-28-50(47)54(51)41-21-6-2-7-22-41/h1-2,4-13,16-34,37H,3,14-15,35-36H2. The average molecular weight is 695 g/mol. The summed E-state index contributed by atoms with van der Waals surface area (Å²) in [5, 5.41) is 4.99. The van der Waals surface area contributed by atoms with E-state index >= 15 is 0 Å². The van der Waals surface area contributed by atoms with Crippen molar-refractivity contribution in [2.24, 2.45) is 0 Å². The summed E-state index contributed by atoms with van der Waals surface area (Å²) >= 11 is 0. The number of nitrogens with zero attached hydrogens (tertiary/aromatic N) is 2. The van der Waals surface area contributed by atoms with Crippen LogP contribution in [0, 0.1) is 0 Å². The van der Waals surface area contributed by atoms with Crippen LogP contribution in [0.25, 0.3) is 49.4 Å². The second kappa shape index (κ2) is 13.5. The first-order chi connectivity index (χ1) is 26.8. The fourth-order valence-electron chi connectivity index (χ4n) is 9.33. The summed E-state index contributed by atoms with van der Waals surface area (Å²) in [7, 11) is 0. The molecular formula is C52H42N2. The molecule has 0 N–H and O–H groups in total. The van der Waals surface area contributed by atoms with E-state index in [0.717, 1.165) is 17.1 Å². The number of aromatic nitrogens is 1. The minimum absolute atomic E-state index is 0.0436. The van der Waals surface area contributed by atoms with Crippen LogP contribution in [0.2, 0.25) is 0 Å². The minimum Gasteiger partial charge on any atom is -0.310 e. The van der Waals surface area contributed by atoms with E-state index in [1.165, 1.54) is 92.6 Å². The number of fused-ring (bicyclic) bond motifs is 4. The summed E-state index contributed by atoms with van der Waals surface area (Å²) in [5.74, 6) is 0. The van der Waals surface area contributed by atoms with Gasteiger partial charge >= 0.3 is 0 Å². The van der Waals surface area contributed by atoms with Gasteiger partial charge in [-0.1, -0.05) is 159 Å². The van der Waals surface area contributed by atoms with Crippen molar-refractivity contribution in [1.82, 2.24) is 4.57 Å². The maximum Gasteiger partial charge on any atom is 0.0542 e. The van der Waals surface area contributed by atoms with Gasteiger partial charge in [-0.25, -0.2) is 0 Å². The maximum absolute atomic E-state index is 2.48. The molecular weight excluding hydrogens is 653 g/mol. The zero-order chi connectivity index (χ0) is 35.9. The Morgan fingerprint density at radius 1 is 0.407 bits per heavy atom. The number of hydrogen-bond acceptors (Lipinski definition) is 1. The first-order valence-corrected chi connectivity index (χ1v) is 19.4. The number of anilines is 3. The predicted molar refractivity (Wildman–Crippen MR) is 229 cm³/mol. The molecule has 8 aromatic carbocycles. The lowest BCUT2D eigenvalue weighted by Gasteiger charge is -2.39. The first kappa shape index (κ1) is 32.3. The molecule has 0 amide bonds. The highest BCUT2D eigenvalue weighted by atomic mass is 15.1. The molecule has 1 aliphatic rings. The van der Waals surface area contributed by atoms with Gasteiger partial charge in [-0.05, 0) is 94.9 Å². The molecule has 1 aromatic heterocycles. The topological polar surface area (TPSA) is 8.17 Å². The third-order valence-electron chi connectivity index (χ3n) is 11.9. The zero-order valence-electron chi connectivity index (χ0n) is 30.4. The Bertz CT molecular complexity index is 2730. The Balaban J connectivity index is 1.19. The molecule has 1 saturated carbocycles.